The second kappa shape index (κ2) is 13.0. The first kappa shape index (κ1) is 32.1. The molecule has 0 radical (unpaired) electrons. The van der Waals surface area contributed by atoms with E-state index in [4.69, 9.17) is 15.3 Å². The molecule has 4 aliphatic carbocycles. The van der Waals surface area contributed by atoms with Crippen LogP contribution in [-0.2, 0) is 19.2 Å². The number of carbonyl (C=O) groups is 3. The van der Waals surface area contributed by atoms with Crippen molar-refractivity contribution < 1.29 is 24.0 Å². The van der Waals surface area contributed by atoms with E-state index in [1.165, 1.54) is 24.8 Å². The zero-order valence-electron chi connectivity index (χ0n) is 27.0. The molecule has 43 heavy (non-hydrogen) atoms. The maximum absolute atomic E-state index is 13.1. The summed E-state index contributed by atoms with van der Waals surface area (Å²) in [5.74, 6) is 2.39. The van der Waals surface area contributed by atoms with Gasteiger partial charge >= 0.3 is 12.1 Å². The number of nitrogens with one attached hydrogen (secondary N) is 1. The molecule has 0 bridgehead atoms. The van der Waals surface area contributed by atoms with Gasteiger partial charge in [0, 0.05) is 38.0 Å². The smallest absolute Gasteiger partial charge is 0.436 e. The van der Waals surface area contributed by atoms with Gasteiger partial charge in [0.05, 0.1) is 11.8 Å². The van der Waals surface area contributed by atoms with Crippen LogP contribution >= 0.6 is 0 Å². The van der Waals surface area contributed by atoms with Crippen molar-refractivity contribution in [1.29, 1.82) is 0 Å². The van der Waals surface area contributed by atoms with Crippen molar-refractivity contribution in [3.63, 3.8) is 0 Å². The van der Waals surface area contributed by atoms with Crippen molar-refractivity contribution in [2.45, 2.75) is 123 Å². The van der Waals surface area contributed by atoms with Crippen molar-refractivity contribution >= 4 is 23.6 Å². The Morgan fingerprint density at radius 2 is 1.86 bits per heavy atom. The Morgan fingerprint density at radius 1 is 1.07 bits per heavy atom. The topological polar surface area (TPSA) is 123 Å². The van der Waals surface area contributed by atoms with Gasteiger partial charge in [-0.3, -0.25) is 14.4 Å². The molecule has 240 valence electrons. The minimum Gasteiger partial charge on any atom is -0.462 e. The maximum atomic E-state index is 13.1. The van der Waals surface area contributed by atoms with Gasteiger partial charge in [-0.2, -0.15) is 0 Å². The number of oxime groups is 1. The Morgan fingerprint density at radius 3 is 2.60 bits per heavy atom. The molecule has 4 fully saturated rings. The van der Waals surface area contributed by atoms with Crippen LogP contribution in [0.5, 0.6) is 0 Å². The summed E-state index contributed by atoms with van der Waals surface area (Å²) in [5.41, 5.74) is 8.49. The van der Waals surface area contributed by atoms with Gasteiger partial charge in [-0.25, -0.2) is 4.79 Å². The van der Waals surface area contributed by atoms with Gasteiger partial charge in [0.25, 0.3) is 0 Å². The lowest BCUT2D eigenvalue weighted by Gasteiger charge is -2.58. The van der Waals surface area contributed by atoms with Crippen LogP contribution in [0.2, 0.25) is 0 Å². The maximum Gasteiger partial charge on any atom is 0.436 e. The third kappa shape index (κ3) is 6.44. The van der Waals surface area contributed by atoms with Crippen molar-refractivity contribution in [3.05, 3.63) is 11.6 Å². The lowest BCUT2D eigenvalue weighted by Crippen LogP contribution is -2.51. The van der Waals surface area contributed by atoms with Gasteiger partial charge in [0.15, 0.2) is 5.78 Å². The number of rotatable bonds is 9. The number of nitrogens with zero attached hydrogens (tertiary/aromatic N) is 2. The molecule has 2 unspecified atom stereocenters. The second-order valence-electron chi connectivity index (χ2n) is 14.8. The lowest BCUT2D eigenvalue weighted by molar-refractivity contribution is -0.149. The summed E-state index contributed by atoms with van der Waals surface area (Å²) < 4.78 is 5.35. The number of carbonyl (C=O) groups excluding carboxylic acids is 3. The quantitative estimate of drug-likeness (QED) is 0.158. The highest BCUT2D eigenvalue weighted by molar-refractivity contribution is 5.91. The highest BCUT2D eigenvalue weighted by Gasteiger charge is 2.59. The van der Waals surface area contributed by atoms with Gasteiger partial charge in [0.1, 0.15) is 6.04 Å². The molecule has 3 N–H and O–H groups in total. The second-order valence-corrected chi connectivity index (χ2v) is 14.8. The van der Waals surface area contributed by atoms with Crippen LogP contribution in [0.15, 0.2) is 16.8 Å². The molecule has 1 amide bonds. The van der Waals surface area contributed by atoms with Gasteiger partial charge in [-0.15, -0.1) is 0 Å². The fourth-order valence-electron chi connectivity index (χ4n) is 9.79. The van der Waals surface area contributed by atoms with Crippen LogP contribution in [0.1, 0.15) is 105 Å². The minimum absolute atomic E-state index is 0.133. The van der Waals surface area contributed by atoms with Crippen molar-refractivity contribution in [2.24, 2.45) is 45.4 Å². The van der Waals surface area contributed by atoms with E-state index in [2.05, 4.69) is 24.3 Å². The Balaban J connectivity index is 1.17. The Bertz CT molecular complexity index is 1140. The summed E-state index contributed by atoms with van der Waals surface area (Å²) in [5, 5.41) is 7.80. The predicted molar refractivity (Wildman–Crippen MR) is 166 cm³/mol. The average molecular weight is 599 g/mol. The number of hydrogen-bond acceptors (Lipinski definition) is 8. The molecular formula is C34H54N4O5. The molecule has 0 aromatic heterocycles. The van der Waals surface area contributed by atoms with Crippen LogP contribution in [0.25, 0.3) is 0 Å². The standard InChI is InChI=1S/C34H54N4O5/c1-21(2)42-31(40)30-11-7-24(36-30)14-18-38(19-17-35)32(41)43-37-22(3)27-9-10-28-26-8-6-23-20-25(39)12-15-33(23,4)29(26)13-16-34(27,28)5/h20-21,24,26-30,36H,6-19,35H2,1-5H3/b37-22+/t24?,26-,27+,28-,29-,30?,33-,34+/m0/s1. The Hall–Kier alpha value is -2.26. The summed E-state index contributed by atoms with van der Waals surface area (Å²) in [6.45, 7) is 11.8. The summed E-state index contributed by atoms with van der Waals surface area (Å²) >= 11 is 0. The summed E-state index contributed by atoms with van der Waals surface area (Å²) in [6.07, 6.45) is 12.2. The van der Waals surface area contributed by atoms with Crippen molar-refractivity contribution in [3.8, 4) is 0 Å². The number of hydrogen-bond donors (Lipinski definition) is 2. The largest absolute Gasteiger partial charge is 0.462 e. The first-order valence-electron chi connectivity index (χ1n) is 16.9. The third-order valence-corrected chi connectivity index (χ3v) is 12.0. The molecule has 5 aliphatic rings. The van der Waals surface area contributed by atoms with E-state index >= 15 is 0 Å². The van der Waals surface area contributed by atoms with E-state index in [1.807, 2.05) is 26.8 Å². The molecule has 1 heterocycles. The minimum atomic E-state index is -0.464. The van der Waals surface area contributed by atoms with Crippen LogP contribution in [0.4, 0.5) is 4.79 Å². The molecule has 0 aromatic carbocycles. The molecule has 0 aromatic rings. The molecule has 8 atom stereocenters. The van der Waals surface area contributed by atoms with E-state index in [0.29, 0.717) is 61.9 Å². The number of nitrogens with two attached hydrogens (primary N) is 1. The third-order valence-electron chi connectivity index (χ3n) is 12.0. The number of fused-ring (bicyclic) bond motifs is 5. The molecule has 0 spiro atoms. The van der Waals surface area contributed by atoms with Gasteiger partial charge in [-0.05, 0) is 120 Å². The van der Waals surface area contributed by atoms with E-state index in [0.717, 1.165) is 44.2 Å². The van der Waals surface area contributed by atoms with Crippen molar-refractivity contribution in [2.75, 3.05) is 19.6 Å². The number of allylic oxidation sites excluding steroid dienone is 1. The number of amides is 1. The van der Waals surface area contributed by atoms with Gasteiger partial charge < -0.3 is 20.7 Å². The zero-order valence-corrected chi connectivity index (χ0v) is 27.0. The SMILES string of the molecule is C/C(=N\OC(=O)N(CCN)CCC1CCC(C(=O)OC(C)C)N1)[C@H]1CC[C@H]2[C@@H]3CCC4=CC(=O)CC[C@]4(C)[C@H]3CC[C@]12C. The normalized spacial score (nSPS) is 37.3. The Kier molecular flexibility index (Phi) is 9.72. The van der Waals surface area contributed by atoms with Crippen LogP contribution in [0, 0.1) is 34.5 Å². The molecule has 9 heteroatoms. The molecular weight excluding hydrogens is 544 g/mol. The first-order valence-corrected chi connectivity index (χ1v) is 16.9. The molecule has 1 aliphatic heterocycles. The predicted octanol–water partition coefficient (Wildman–Crippen LogP) is 5.37. The summed E-state index contributed by atoms with van der Waals surface area (Å²) in [4.78, 5) is 44.7. The first-order chi connectivity index (χ1) is 20.5. The average Bonchev–Trinajstić information content (AvgIpc) is 3.58. The summed E-state index contributed by atoms with van der Waals surface area (Å²) in [6, 6.07) is -0.153. The highest BCUT2D eigenvalue weighted by Crippen LogP contribution is 2.66. The van der Waals surface area contributed by atoms with Gasteiger partial charge in [-0.1, -0.05) is 24.6 Å². The summed E-state index contributed by atoms with van der Waals surface area (Å²) in [7, 11) is 0. The monoisotopic (exact) mass is 598 g/mol. The van der Waals surface area contributed by atoms with Gasteiger partial charge in [0.2, 0.25) is 0 Å². The number of esters is 1. The number of ketones is 1. The molecule has 9 nitrogen and oxygen atoms in total. The fraction of sp³-hybridized carbons (Fsp3) is 0.824. The molecule has 5 rings (SSSR count). The van der Waals surface area contributed by atoms with Crippen LogP contribution < -0.4 is 11.1 Å². The highest BCUT2D eigenvalue weighted by atomic mass is 16.7. The molecule has 3 saturated carbocycles. The number of ether oxygens (including phenoxy) is 1. The van der Waals surface area contributed by atoms with Crippen LogP contribution in [0.3, 0.4) is 0 Å². The lowest BCUT2D eigenvalue weighted by atomic mass is 9.46. The van der Waals surface area contributed by atoms with E-state index in [-0.39, 0.29) is 35.0 Å². The van der Waals surface area contributed by atoms with Crippen LogP contribution in [-0.4, -0.2) is 66.3 Å². The van der Waals surface area contributed by atoms with E-state index in [9.17, 15) is 14.4 Å². The Labute approximate surface area is 257 Å². The fourth-order valence-corrected chi connectivity index (χ4v) is 9.79. The van der Waals surface area contributed by atoms with Crippen molar-refractivity contribution in [1.82, 2.24) is 10.2 Å². The zero-order chi connectivity index (χ0) is 30.9. The van der Waals surface area contributed by atoms with E-state index in [1.54, 1.807) is 4.90 Å². The van der Waals surface area contributed by atoms with E-state index < -0.39 is 6.09 Å². The molecule has 1 saturated heterocycles.